The van der Waals surface area contributed by atoms with Crippen LogP contribution in [0.1, 0.15) is 45.2 Å². The number of halogens is 1. The van der Waals surface area contributed by atoms with Crippen molar-refractivity contribution in [1.29, 1.82) is 0 Å². The first-order valence-corrected chi connectivity index (χ1v) is 7.85. The van der Waals surface area contributed by atoms with Gasteiger partial charge in [-0.05, 0) is 68.3 Å². The minimum absolute atomic E-state index is 0.238. The highest BCUT2D eigenvalue weighted by atomic mass is 127. The molecule has 1 aliphatic rings. The zero-order chi connectivity index (χ0) is 14.5. The molecular weight excluding hydrogens is 367 g/mol. The molecule has 0 aromatic carbocycles. The van der Waals surface area contributed by atoms with E-state index in [1.54, 1.807) is 10.9 Å². The zero-order valence-electron chi connectivity index (χ0n) is 11.8. The lowest BCUT2D eigenvalue weighted by Crippen LogP contribution is -2.32. The fraction of sp³-hybridized carbons (Fsp3) is 0.467. The van der Waals surface area contributed by atoms with E-state index >= 15 is 0 Å². The van der Waals surface area contributed by atoms with Gasteiger partial charge in [0.2, 0.25) is 0 Å². The van der Waals surface area contributed by atoms with E-state index < -0.39 is 5.41 Å². The molecule has 3 rings (SSSR count). The normalized spacial score (nSPS) is 15.6. The van der Waals surface area contributed by atoms with Crippen LogP contribution < -0.4 is 4.84 Å². The van der Waals surface area contributed by atoms with Crippen molar-refractivity contribution in [1.82, 2.24) is 9.71 Å². The number of hydrogen-bond donors (Lipinski definition) is 0. The van der Waals surface area contributed by atoms with Crippen LogP contribution in [0.25, 0.3) is 11.0 Å². The molecule has 20 heavy (non-hydrogen) atoms. The van der Waals surface area contributed by atoms with Gasteiger partial charge in [-0.25, -0.2) is 9.78 Å². The fourth-order valence-corrected chi connectivity index (χ4v) is 3.17. The maximum atomic E-state index is 12.2. The highest BCUT2D eigenvalue weighted by Crippen LogP contribution is 2.44. The van der Waals surface area contributed by atoms with E-state index in [-0.39, 0.29) is 5.97 Å². The number of nitrogens with zero attached hydrogens (tertiary/aromatic N) is 2. The maximum absolute atomic E-state index is 12.2. The molecule has 0 amide bonds. The maximum Gasteiger partial charge on any atom is 0.338 e. The molecule has 2 aromatic rings. The van der Waals surface area contributed by atoms with Crippen molar-refractivity contribution >= 4 is 39.6 Å². The highest BCUT2D eigenvalue weighted by molar-refractivity contribution is 14.1. The van der Waals surface area contributed by atoms with Crippen molar-refractivity contribution in [2.24, 2.45) is 5.41 Å². The second-order valence-electron chi connectivity index (χ2n) is 6.27. The minimum Gasteiger partial charge on any atom is -0.334 e. The zero-order valence-corrected chi connectivity index (χ0v) is 14.0. The van der Waals surface area contributed by atoms with Crippen LogP contribution in [0.2, 0.25) is 0 Å². The molecule has 1 aliphatic carbocycles. The number of carbonyl (C=O) groups is 1. The average Bonchev–Trinajstić information content (AvgIpc) is 3.17. The van der Waals surface area contributed by atoms with Gasteiger partial charge in [0.1, 0.15) is 0 Å². The molecule has 0 atom stereocenters. The summed E-state index contributed by atoms with van der Waals surface area (Å²) in [6.45, 7) is 5.57. The van der Waals surface area contributed by atoms with Crippen LogP contribution >= 0.6 is 22.6 Å². The molecule has 0 aliphatic heterocycles. The van der Waals surface area contributed by atoms with E-state index in [1.807, 2.05) is 32.9 Å². The van der Waals surface area contributed by atoms with Crippen molar-refractivity contribution in [3.05, 3.63) is 27.6 Å². The monoisotopic (exact) mass is 384 g/mol. The second kappa shape index (κ2) is 4.72. The van der Waals surface area contributed by atoms with Crippen LogP contribution in [0.3, 0.4) is 0 Å². The predicted molar refractivity (Wildman–Crippen MR) is 85.5 cm³/mol. The van der Waals surface area contributed by atoms with Crippen LogP contribution in [0.5, 0.6) is 0 Å². The second-order valence-corrected chi connectivity index (χ2v) is 7.35. The van der Waals surface area contributed by atoms with Crippen LogP contribution in [-0.2, 0) is 4.79 Å². The van der Waals surface area contributed by atoms with E-state index in [9.17, 15) is 4.79 Å². The van der Waals surface area contributed by atoms with Gasteiger partial charge in [-0.2, -0.15) is 4.73 Å². The summed E-state index contributed by atoms with van der Waals surface area (Å²) in [4.78, 5) is 22.3. The lowest BCUT2D eigenvalue weighted by atomic mass is 9.98. The van der Waals surface area contributed by atoms with Crippen LogP contribution in [-0.4, -0.2) is 15.7 Å². The van der Waals surface area contributed by atoms with E-state index in [0.717, 1.165) is 33.1 Å². The van der Waals surface area contributed by atoms with Crippen LogP contribution in [0.4, 0.5) is 0 Å². The Morgan fingerprint density at radius 1 is 1.45 bits per heavy atom. The molecule has 2 aromatic heterocycles. The largest absolute Gasteiger partial charge is 0.338 e. The molecule has 0 spiro atoms. The Kier molecular flexibility index (Phi) is 3.27. The third-order valence-corrected chi connectivity index (χ3v) is 4.54. The van der Waals surface area contributed by atoms with E-state index in [2.05, 4.69) is 27.6 Å². The predicted octanol–water partition coefficient (Wildman–Crippen LogP) is 3.52. The standard InChI is InChI=1S/C15H17IN2O2/c1-15(2,3)14(19)20-18-12(9-6-7-9)11(16)10-5-4-8-17-13(10)18/h4-5,8-9H,6-7H2,1-3H3. The lowest BCUT2D eigenvalue weighted by Gasteiger charge is -2.18. The molecule has 0 bridgehead atoms. The molecule has 0 unspecified atom stereocenters. The smallest absolute Gasteiger partial charge is 0.334 e. The molecule has 5 heteroatoms. The highest BCUT2D eigenvalue weighted by Gasteiger charge is 2.34. The van der Waals surface area contributed by atoms with Gasteiger partial charge in [0, 0.05) is 21.1 Å². The summed E-state index contributed by atoms with van der Waals surface area (Å²) < 4.78 is 2.80. The van der Waals surface area contributed by atoms with E-state index in [0.29, 0.717) is 5.92 Å². The summed E-state index contributed by atoms with van der Waals surface area (Å²) in [7, 11) is 0. The topological polar surface area (TPSA) is 44.1 Å². The number of carbonyl (C=O) groups excluding carboxylic acids is 1. The number of pyridine rings is 1. The molecule has 1 saturated carbocycles. The molecule has 2 heterocycles. The number of aromatic nitrogens is 2. The van der Waals surface area contributed by atoms with Gasteiger partial charge in [0.05, 0.1) is 11.1 Å². The summed E-state index contributed by atoms with van der Waals surface area (Å²) >= 11 is 2.33. The SMILES string of the molecule is CC(C)(C)C(=O)On1c(C2CC2)c(I)c2cccnc21. The first kappa shape index (κ1) is 13.9. The third-order valence-electron chi connectivity index (χ3n) is 3.41. The van der Waals surface area contributed by atoms with Gasteiger partial charge in [0.15, 0.2) is 5.65 Å². The summed E-state index contributed by atoms with van der Waals surface area (Å²) in [5, 5.41) is 1.05. The minimum atomic E-state index is -0.530. The van der Waals surface area contributed by atoms with Gasteiger partial charge in [0.25, 0.3) is 0 Å². The quantitative estimate of drug-likeness (QED) is 0.745. The molecule has 0 radical (unpaired) electrons. The average molecular weight is 384 g/mol. The number of rotatable bonds is 2. The van der Waals surface area contributed by atoms with E-state index in [4.69, 9.17) is 4.84 Å². The Bertz CT molecular complexity index is 681. The van der Waals surface area contributed by atoms with E-state index in [1.165, 1.54) is 0 Å². The van der Waals surface area contributed by atoms with Gasteiger partial charge in [-0.1, -0.05) is 0 Å². The summed E-state index contributed by atoms with van der Waals surface area (Å²) in [6, 6.07) is 3.94. The fourth-order valence-electron chi connectivity index (χ4n) is 2.09. The van der Waals surface area contributed by atoms with Gasteiger partial charge in [-0.3, -0.25) is 0 Å². The summed E-state index contributed by atoms with van der Waals surface area (Å²) in [5.41, 5.74) is 1.30. The summed E-state index contributed by atoms with van der Waals surface area (Å²) in [5.74, 6) is 0.252. The molecule has 0 saturated heterocycles. The molecule has 1 fully saturated rings. The summed E-state index contributed by atoms with van der Waals surface area (Å²) in [6.07, 6.45) is 4.04. The van der Waals surface area contributed by atoms with Crippen molar-refractivity contribution < 1.29 is 9.63 Å². The number of hydrogen-bond acceptors (Lipinski definition) is 3. The van der Waals surface area contributed by atoms with Crippen molar-refractivity contribution in [2.45, 2.75) is 39.5 Å². The number of fused-ring (bicyclic) bond motifs is 1. The van der Waals surface area contributed by atoms with Gasteiger partial charge < -0.3 is 4.84 Å². The molecular formula is C15H17IN2O2. The third kappa shape index (κ3) is 2.32. The molecule has 106 valence electrons. The molecule has 4 nitrogen and oxygen atoms in total. The van der Waals surface area contributed by atoms with Crippen LogP contribution in [0, 0.1) is 8.99 Å². The van der Waals surface area contributed by atoms with Crippen molar-refractivity contribution in [3.63, 3.8) is 0 Å². The Hall–Kier alpha value is -1.11. The first-order valence-electron chi connectivity index (χ1n) is 6.77. The Morgan fingerprint density at radius 2 is 2.15 bits per heavy atom. The Balaban J connectivity index is 2.13. The Morgan fingerprint density at radius 3 is 2.75 bits per heavy atom. The van der Waals surface area contributed by atoms with Gasteiger partial charge in [-0.15, -0.1) is 0 Å². The van der Waals surface area contributed by atoms with Crippen molar-refractivity contribution in [3.8, 4) is 0 Å². The Labute approximate surface area is 131 Å². The molecule has 0 N–H and O–H groups in total. The first-order chi connectivity index (χ1) is 9.39. The lowest BCUT2D eigenvalue weighted by molar-refractivity contribution is -0.153. The van der Waals surface area contributed by atoms with Crippen LogP contribution in [0.15, 0.2) is 18.3 Å². The van der Waals surface area contributed by atoms with Gasteiger partial charge >= 0.3 is 5.97 Å². The van der Waals surface area contributed by atoms with Crippen molar-refractivity contribution in [2.75, 3.05) is 0 Å².